The number of unbranched alkanes of at least 4 members (excludes halogenated alkanes) is 46. The second kappa shape index (κ2) is 62.6. The van der Waals surface area contributed by atoms with Gasteiger partial charge in [-0.05, 0) is 64.2 Å². The number of rotatable bonds is 61. The Balaban J connectivity index is 3.33. The van der Waals surface area contributed by atoms with Crippen LogP contribution in [0, 0.1) is 0 Å². The SMILES string of the molecule is CCCCCC/C=C\C/C=C\CCCCCCCC(=O)OCCCCCCCCCCCCCCCCCCCCCCCCCCCCCCCC(=O)NC(CO)C(O)/C=C/CCCCCCCCCCC. The molecule has 0 fully saturated rings. The monoisotopic (exact) mass is 1030 g/mol. The van der Waals surface area contributed by atoms with E-state index in [0.717, 1.165) is 51.4 Å². The third-order valence-electron chi connectivity index (χ3n) is 15.2. The van der Waals surface area contributed by atoms with E-state index in [0.29, 0.717) is 19.4 Å². The number of aliphatic hydroxyl groups is 2. The van der Waals surface area contributed by atoms with Crippen molar-refractivity contribution in [1.82, 2.24) is 5.32 Å². The maximum Gasteiger partial charge on any atom is 0.305 e. The highest BCUT2D eigenvalue weighted by molar-refractivity contribution is 5.76. The smallest absolute Gasteiger partial charge is 0.305 e. The molecule has 3 N–H and O–H groups in total. The minimum atomic E-state index is -0.840. The fourth-order valence-electron chi connectivity index (χ4n) is 10.1. The van der Waals surface area contributed by atoms with Gasteiger partial charge in [0.2, 0.25) is 5.91 Å². The molecule has 2 atom stereocenters. The molecular formula is C67H127NO5. The van der Waals surface area contributed by atoms with Gasteiger partial charge in [0.25, 0.3) is 0 Å². The quantitative estimate of drug-likeness (QED) is 0.0320. The number of nitrogens with one attached hydrogen (secondary N) is 1. The van der Waals surface area contributed by atoms with Gasteiger partial charge in [0.05, 0.1) is 25.4 Å². The highest BCUT2D eigenvalue weighted by Crippen LogP contribution is 2.18. The van der Waals surface area contributed by atoms with Crippen LogP contribution in [-0.2, 0) is 14.3 Å². The summed E-state index contributed by atoms with van der Waals surface area (Å²) in [5.74, 6) is -0.0592. The van der Waals surface area contributed by atoms with Gasteiger partial charge in [-0.15, -0.1) is 0 Å². The van der Waals surface area contributed by atoms with E-state index in [1.165, 1.54) is 276 Å². The molecule has 1 amide bonds. The van der Waals surface area contributed by atoms with Crippen molar-refractivity contribution in [2.24, 2.45) is 0 Å². The number of amides is 1. The molecule has 6 nitrogen and oxygen atoms in total. The molecule has 0 aliphatic rings. The van der Waals surface area contributed by atoms with Crippen LogP contribution in [0.2, 0.25) is 0 Å². The van der Waals surface area contributed by atoms with Crippen LogP contribution in [-0.4, -0.2) is 47.4 Å². The molecule has 0 rings (SSSR count). The second-order valence-electron chi connectivity index (χ2n) is 22.5. The highest BCUT2D eigenvalue weighted by atomic mass is 16.5. The van der Waals surface area contributed by atoms with Gasteiger partial charge in [-0.3, -0.25) is 9.59 Å². The number of hydrogen-bond donors (Lipinski definition) is 3. The third-order valence-corrected chi connectivity index (χ3v) is 15.2. The Morgan fingerprint density at radius 2 is 0.685 bits per heavy atom. The van der Waals surface area contributed by atoms with Crippen LogP contribution in [0.5, 0.6) is 0 Å². The number of hydrogen-bond acceptors (Lipinski definition) is 5. The zero-order valence-corrected chi connectivity index (χ0v) is 49.1. The van der Waals surface area contributed by atoms with E-state index in [9.17, 15) is 19.8 Å². The third kappa shape index (κ3) is 59.2. The van der Waals surface area contributed by atoms with Crippen LogP contribution in [0.1, 0.15) is 354 Å². The number of esters is 1. The summed E-state index contributed by atoms with van der Waals surface area (Å²) in [6.07, 6.45) is 79.3. The minimum Gasteiger partial charge on any atom is -0.466 e. The largest absolute Gasteiger partial charge is 0.466 e. The maximum absolute atomic E-state index is 12.4. The van der Waals surface area contributed by atoms with E-state index in [4.69, 9.17) is 4.74 Å². The molecule has 0 bridgehead atoms. The van der Waals surface area contributed by atoms with Gasteiger partial charge in [-0.2, -0.15) is 0 Å². The standard InChI is InChI=1S/C67H127NO5/c1-3-5-7-9-11-13-15-16-17-34-37-41-45-49-53-57-61-67(72)73-62-58-54-50-46-42-38-35-32-30-28-26-24-22-20-18-19-21-23-25-27-29-31-33-36-40-44-48-52-56-60-66(71)68-64(63-69)65(70)59-55-51-47-43-39-14-12-10-8-6-4-2/h13,15,17,34,55,59,64-65,69-70H,3-12,14,16,18-33,35-54,56-58,60-63H2,1-2H3,(H,68,71)/b15-13-,34-17-,59-55+. The molecule has 0 spiro atoms. The highest BCUT2D eigenvalue weighted by Gasteiger charge is 2.18. The molecular weight excluding hydrogens is 899 g/mol. The molecule has 0 saturated heterocycles. The summed E-state index contributed by atoms with van der Waals surface area (Å²) < 4.78 is 5.49. The van der Waals surface area contributed by atoms with Gasteiger partial charge in [0, 0.05) is 12.8 Å². The van der Waals surface area contributed by atoms with Crippen molar-refractivity contribution < 1.29 is 24.5 Å². The zero-order valence-electron chi connectivity index (χ0n) is 49.1. The first-order valence-electron chi connectivity index (χ1n) is 32.8. The van der Waals surface area contributed by atoms with Crippen LogP contribution < -0.4 is 5.32 Å². The molecule has 0 aliphatic heterocycles. The molecule has 0 saturated carbocycles. The average molecular weight is 1030 g/mol. The molecule has 6 heteroatoms. The van der Waals surface area contributed by atoms with Gasteiger partial charge < -0.3 is 20.3 Å². The van der Waals surface area contributed by atoms with Crippen molar-refractivity contribution in [2.45, 2.75) is 366 Å². The summed E-state index contributed by atoms with van der Waals surface area (Å²) in [6.45, 7) is 4.89. The summed E-state index contributed by atoms with van der Waals surface area (Å²) in [6, 6.07) is -0.624. The molecule has 430 valence electrons. The van der Waals surface area contributed by atoms with E-state index in [1.54, 1.807) is 6.08 Å². The lowest BCUT2D eigenvalue weighted by Crippen LogP contribution is -2.45. The predicted molar refractivity (Wildman–Crippen MR) is 319 cm³/mol. The topological polar surface area (TPSA) is 95.9 Å². The van der Waals surface area contributed by atoms with E-state index < -0.39 is 12.1 Å². The van der Waals surface area contributed by atoms with Crippen molar-refractivity contribution in [1.29, 1.82) is 0 Å². The van der Waals surface area contributed by atoms with Crippen molar-refractivity contribution >= 4 is 11.9 Å². The lowest BCUT2D eigenvalue weighted by atomic mass is 10.0. The molecule has 0 aliphatic carbocycles. The van der Waals surface area contributed by atoms with Crippen molar-refractivity contribution in [2.75, 3.05) is 13.2 Å². The number of allylic oxidation sites excluding steroid dienone is 5. The van der Waals surface area contributed by atoms with Crippen LogP contribution in [0.25, 0.3) is 0 Å². The first-order valence-corrected chi connectivity index (χ1v) is 32.8. The Labute approximate surface area is 455 Å². The summed E-state index contributed by atoms with van der Waals surface area (Å²) in [5, 5.41) is 23.0. The van der Waals surface area contributed by atoms with E-state index in [2.05, 4.69) is 43.5 Å². The fraction of sp³-hybridized carbons (Fsp3) is 0.881. The predicted octanol–water partition coefficient (Wildman–Crippen LogP) is 20.8. The number of aliphatic hydroxyl groups excluding tert-OH is 2. The van der Waals surface area contributed by atoms with Crippen LogP contribution in [0.4, 0.5) is 0 Å². The summed E-state index contributed by atoms with van der Waals surface area (Å²) in [4.78, 5) is 24.5. The number of carbonyl (C=O) groups is 2. The normalized spacial score (nSPS) is 12.8. The maximum atomic E-state index is 12.4. The summed E-state index contributed by atoms with van der Waals surface area (Å²) >= 11 is 0. The molecule has 0 aromatic carbocycles. The molecule has 73 heavy (non-hydrogen) atoms. The van der Waals surface area contributed by atoms with Crippen molar-refractivity contribution in [3.63, 3.8) is 0 Å². The lowest BCUT2D eigenvalue weighted by molar-refractivity contribution is -0.143. The minimum absolute atomic E-state index is 0.00566. The Bertz CT molecular complexity index is 1180. The van der Waals surface area contributed by atoms with Gasteiger partial charge >= 0.3 is 5.97 Å². The van der Waals surface area contributed by atoms with Gasteiger partial charge in [0.15, 0.2) is 0 Å². The van der Waals surface area contributed by atoms with Gasteiger partial charge in [-0.25, -0.2) is 0 Å². The van der Waals surface area contributed by atoms with Crippen molar-refractivity contribution in [3.05, 3.63) is 36.5 Å². The summed E-state index contributed by atoms with van der Waals surface area (Å²) in [5.41, 5.74) is 0. The molecule has 0 aromatic rings. The van der Waals surface area contributed by atoms with E-state index >= 15 is 0 Å². The molecule has 0 heterocycles. The van der Waals surface area contributed by atoms with Crippen LogP contribution in [0.15, 0.2) is 36.5 Å². The lowest BCUT2D eigenvalue weighted by Gasteiger charge is -2.20. The first-order chi connectivity index (χ1) is 36.0. The van der Waals surface area contributed by atoms with Crippen molar-refractivity contribution in [3.8, 4) is 0 Å². The second-order valence-corrected chi connectivity index (χ2v) is 22.5. The molecule has 0 aromatic heterocycles. The number of carbonyl (C=O) groups excluding carboxylic acids is 2. The summed E-state index contributed by atoms with van der Waals surface area (Å²) in [7, 11) is 0. The van der Waals surface area contributed by atoms with Gasteiger partial charge in [-0.1, -0.05) is 314 Å². The van der Waals surface area contributed by atoms with Crippen LogP contribution in [0.3, 0.4) is 0 Å². The average Bonchev–Trinajstić information content (AvgIpc) is 3.39. The van der Waals surface area contributed by atoms with Gasteiger partial charge in [0.1, 0.15) is 0 Å². The Morgan fingerprint density at radius 1 is 0.384 bits per heavy atom. The molecule has 0 radical (unpaired) electrons. The molecule has 2 unspecified atom stereocenters. The number of ether oxygens (including phenoxy) is 1. The Hall–Kier alpha value is -1.92. The van der Waals surface area contributed by atoms with E-state index in [1.807, 2.05) is 6.08 Å². The van der Waals surface area contributed by atoms with Crippen LogP contribution >= 0.6 is 0 Å². The first kappa shape index (κ1) is 71.1. The Morgan fingerprint density at radius 3 is 1.05 bits per heavy atom. The fourth-order valence-corrected chi connectivity index (χ4v) is 10.1. The Kier molecular flexibility index (Phi) is 61.0. The van der Waals surface area contributed by atoms with E-state index in [-0.39, 0.29) is 18.5 Å². The zero-order chi connectivity index (χ0) is 52.9.